The smallest absolute Gasteiger partial charge is 0.256 e. The molecule has 0 aliphatic rings. The SMILES string of the molecule is Cc1cccc(C(=O)Nc2cc(-c3ccncc3)[nH]n2)c1. The number of hydrogen-bond acceptors (Lipinski definition) is 3. The summed E-state index contributed by atoms with van der Waals surface area (Å²) in [6.45, 7) is 1.95. The van der Waals surface area contributed by atoms with Gasteiger partial charge in [0.15, 0.2) is 5.82 Å². The van der Waals surface area contributed by atoms with E-state index in [1.54, 1.807) is 24.5 Å². The summed E-state index contributed by atoms with van der Waals surface area (Å²) in [4.78, 5) is 16.1. The highest BCUT2D eigenvalue weighted by atomic mass is 16.1. The predicted octanol–water partition coefficient (Wildman–Crippen LogP) is 3.03. The van der Waals surface area contributed by atoms with Crippen molar-refractivity contribution >= 4 is 11.7 Å². The van der Waals surface area contributed by atoms with E-state index in [2.05, 4.69) is 20.5 Å². The number of aromatic nitrogens is 3. The minimum Gasteiger partial charge on any atom is -0.305 e. The summed E-state index contributed by atoms with van der Waals surface area (Å²) in [5.41, 5.74) is 3.45. The molecule has 0 spiro atoms. The molecule has 0 unspecified atom stereocenters. The predicted molar refractivity (Wildman–Crippen MR) is 81.0 cm³/mol. The van der Waals surface area contributed by atoms with Gasteiger partial charge in [0, 0.05) is 29.6 Å². The Hall–Kier alpha value is -2.95. The minimum absolute atomic E-state index is 0.175. The van der Waals surface area contributed by atoms with Crippen LogP contribution in [-0.4, -0.2) is 21.1 Å². The maximum Gasteiger partial charge on any atom is 0.256 e. The molecule has 5 nitrogen and oxygen atoms in total. The molecule has 0 aliphatic carbocycles. The van der Waals surface area contributed by atoms with Crippen molar-refractivity contribution in [3.8, 4) is 11.3 Å². The number of carbonyl (C=O) groups is 1. The molecule has 0 aliphatic heterocycles. The highest BCUT2D eigenvalue weighted by Gasteiger charge is 2.09. The molecule has 0 radical (unpaired) electrons. The fourth-order valence-electron chi connectivity index (χ4n) is 2.04. The third kappa shape index (κ3) is 2.97. The van der Waals surface area contributed by atoms with E-state index in [1.807, 2.05) is 37.3 Å². The van der Waals surface area contributed by atoms with E-state index in [-0.39, 0.29) is 5.91 Å². The number of nitrogens with one attached hydrogen (secondary N) is 2. The van der Waals surface area contributed by atoms with E-state index in [1.165, 1.54) is 0 Å². The van der Waals surface area contributed by atoms with E-state index < -0.39 is 0 Å². The highest BCUT2D eigenvalue weighted by molar-refractivity contribution is 6.04. The van der Waals surface area contributed by atoms with Gasteiger partial charge in [-0.15, -0.1) is 0 Å². The number of pyridine rings is 1. The molecule has 3 rings (SSSR count). The van der Waals surface area contributed by atoms with Crippen LogP contribution in [0.2, 0.25) is 0 Å². The molecule has 0 bridgehead atoms. The summed E-state index contributed by atoms with van der Waals surface area (Å²) in [7, 11) is 0. The Morgan fingerprint density at radius 1 is 1.14 bits per heavy atom. The van der Waals surface area contributed by atoms with E-state index in [0.29, 0.717) is 11.4 Å². The van der Waals surface area contributed by atoms with Crippen LogP contribution in [0.5, 0.6) is 0 Å². The zero-order chi connectivity index (χ0) is 14.7. The number of aromatic amines is 1. The number of aryl methyl sites for hydroxylation is 1. The lowest BCUT2D eigenvalue weighted by Crippen LogP contribution is -2.12. The lowest BCUT2D eigenvalue weighted by atomic mass is 10.1. The first-order valence-corrected chi connectivity index (χ1v) is 6.56. The van der Waals surface area contributed by atoms with E-state index in [0.717, 1.165) is 16.8 Å². The molecule has 104 valence electrons. The summed E-state index contributed by atoms with van der Waals surface area (Å²) < 4.78 is 0. The molecule has 5 heteroatoms. The van der Waals surface area contributed by atoms with Gasteiger partial charge in [-0.05, 0) is 31.2 Å². The summed E-state index contributed by atoms with van der Waals surface area (Å²) in [5.74, 6) is 0.319. The number of benzene rings is 1. The average Bonchev–Trinajstić information content (AvgIpc) is 2.97. The van der Waals surface area contributed by atoms with Crippen molar-refractivity contribution in [2.75, 3.05) is 5.32 Å². The highest BCUT2D eigenvalue weighted by Crippen LogP contribution is 2.19. The largest absolute Gasteiger partial charge is 0.305 e. The molecule has 21 heavy (non-hydrogen) atoms. The van der Waals surface area contributed by atoms with Crippen molar-refractivity contribution in [1.82, 2.24) is 15.2 Å². The molecular formula is C16H14N4O. The maximum atomic E-state index is 12.1. The van der Waals surface area contributed by atoms with Crippen LogP contribution in [0.1, 0.15) is 15.9 Å². The summed E-state index contributed by atoms with van der Waals surface area (Å²) >= 11 is 0. The summed E-state index contributed by atoms with van der Waals surface area (Å²) in [6, 6.07) is 13.0. The Labute approximate surface area is 122 Å². The molecule has 0 atom stereocenters. The second-order valence-electron chi connectivity index (χ2n) is 4.73. The van der Waals surface area contributed by atoms with Crippen molar-refractivity contribution in [1.29, 1.82) is 0 Å². The first-order valence-electron chi connectivity index (χ1n) is 6.56. The Morgan fingerprint density at radius 2 is 1.95 bits per heavy atom. The van der Waals surface area contributed by atoms with Crippen LogP contribution in [0.4, 0.5) is 5.82 Å². The number of nitrogens with zero attached hydrogens (tertiary/aromatic N) is 2. The normalized spacial score (nSPS) is 10.3. The van der Waals surface area contributed by atoms with Gasteiger partial charge in [0.25, 0.3) is 5.91 Å². The number of amides is 1. The Morgan fingerprint density at radius 3 is 2.71 bits per heavy atom. The van der Waals surface area contributed by atoms with Gasteiger partial charge in [-0.25, -0.2) is 0 Å². The Bertz CT molecular complexity index is 765. The van der Waals surface area contributed by atoms with Crippen molar-refractivity contribution in [3.05, 3.63) is 66.0 Å². The Kier molecular flexibility index (Phi) is 3.47. The van der Waals surface area contributed by atoms with Gasteiger partial charge in [0.2, 0.25) is 0 Å². The van der Waals surface area contributed by atoms with E-state index in [9.17, 15) is 4.79 Å². The number of anilines is 1. The van der Waals surface area contributed by atoms with Crippen LogP contribution in [0.3, 0.4) is 0 Å². The molecule has 0 saturated heterocycles. The molecule has 3 aromatic rings. The third-order valence-corrected chi connectivity index (χ3v) is 3.09. The fraction of sp³-hybridized carbons (Fsp3) is 0.0625. The van der Waals surface area contributed by atoms with Crippen LogP contribution in [0.15, 0.2) is 54.9 Å². The molecular weight excluding hydrogens is 264 g/mol. The van der Waals surface area contributed by atoms with Crippen molar-refractivity contribution in [2.45, 2.75) is 6.92 Å². The van der Waals surface area contributed by atoms with Crippen LogP contribution in [-0.2, 0) is 0 Å². The van der Waals surface area contributed by atoms with Crippen molar-refractivity contribution in [3.63, 3.8) is 0 Å². The Balaban J connectivity index is 1.77. The van der Waals surface area contributed by atoms with Crippen LogP contribution in [0, 0.1) is 6.92 Å². The summed E-state index contributed by atoms with van der Waals surface area (Å²) in [5, 5.41) is 9.78. The maximum absolute atomic E-state index is 12.1. The van der Waals surface area contributed by atoms with E-state index in [4.69, 9.17) is 0 Å². The van der Waals surface area contributed by atoms with Gasteiger partial charge >= 0.3 is 0 Å². The van der Waals surface area contributed by atoms with Gasteiger partial charge in [0.1, 0.15) is 0 Å². The fourth-order valence-corrected chi connectivity index (χ4v) is 2.04. The minimum atomic E-state index is -0.175. The molecule has 1 amide bonds. The van der Waals surface area contributed by atoms with Gasteiger partial charge in [-0.2, -0.15) is 5.10 Å². The second kappa shape index (κ2) is 5.58. The molecule has 2 N–H and O–H groups in total. The standard InChI is InChI=1S/C16H14N4O/c1-11-3-2-4-13(9-11)16(21)18-15-10-14(19-20-15)12-5-7-17-8-6-12/h2-10H,1H3,(H2,18,19,20,21). The molecule has 1 aromatic carbocycles. The molecule has 0 fully saturated rings. The quantitative estimate of drug-likeness (QED) is 0.773. The lowest BCUT2D eigenvalue weighted by Gasteiger charge is -2.02. The number of H-pyrrole nitrogens is 1. The van der Waals surface area contributed by atoms with Crippen LogP contribution < -0.4 is 5.32 Å². The number of rotatable bonds is 3. The first kappa shape index (κ1) is 13.1. The van der Waals surface area contributed by atoms with E-state index >= 15 is 0 Å². The second-order valence-corrected chi connectivity index (χ2v) is 4.73. The zero-order valence-corrected chi connectivity index (χ0v) is 11.5. The number of hydrogen-bond donors (Lipinski definition) is 2. The van der Waals surface area contributed by atoms with Gasteiger partial charge in [-0.3, -0.25) is 14.9 Å². The molecule has 2 aromatic heterocycles. The van der Waals surface area contributed by atoms with Crippen LogP contribution in [0.25, 0.3) is 11.3 Å². The average molecular weight is 278 g/mol. The van der Waals surface area contributed by atoms with Gasteiger partial charge in [-0.1, -0.05) is 17.7 Å². The number of carbonyl (C=O) groups excluding carboxylic acids is 1. The monoisotopic (exact) mass is 278 g/mol. The summed E-state index contributed by atoms with van der Waals surface area (Å²) in [6.07, 6.45) is 3.42. The van der Waals surface area contributed by atoms with Crippen molar-refractivity contribution in [2.24, 2.45) is 0 Å². The van der Waals surface area contributed by atoms with Crippen molar-refractivity contribution < 1.29 is 4.79 Å². The third-order valence-electron chi connectivity index (χ3n) is 3.09. The topological polar surface area (TPSA) is 70.7 Å². The molecule has 2 heterocycles. The van der Waals surface area contributed by atoms with Crippen LogP contribution >= 0.6 is 0 Å². The first-order chi connectivity index (χ1) is 10.2. The van der Waals surface area contributed by atoms with Gasteiger partial charge in [0.05, 0.1) is 5.69 Å². The zero-order valence-electron chi connectivity index (χ0n) is 11.5. The lowest BCUT2D eigenvalue weighted by molar-refractivity contribution is 0.102. The van der Waals surface area contributed by atoms with Gasteiger partial charge < -0.3 is 5.32 Å². The molecule has 0 saturated carbocycles.